The molecule has 28 heavy (non-hydrogen) atoms. The normalized spacial score (nSPS) is 12.4. The van der Waals surface area contributed by atoms with Crippen LogP contribution in [0.15, 0.2) is 47.3 Å². The number of rotatable bonds is 5. The predicted octanol–water partition coefficient (Wildman–Crippen LogP) is 2.20. The molecule has 1 aliphatic rings. The molecule has 2 heterocycles. The molecule has 0 saturated carbocycles. The summed E-state index contributed by atoms with van der Waals surface area (Å²) in [6.07, 6.45) is 0. The van der Waals surface area contributed by atoms with Crippen molar-refractivity contribution in [2.75, 3.05) is 19.9 Å². The Morgan fingerprint density at radius 1 is 1.14 bits per heavy atom. The van der Waals surface area contributed by atoms with Crippen molar-refractivity contribution in [2.45, 2.75) is 13.5 Å². The molecule has 144 valence electrons. The quantitative estimate of drug-likeness (QED) is 0.708. The summed E-state index contributed by atoms with van der Waals surface area (Å²) in [6, 6.07) is 12.5. The molecule has 7 nitrogen and oxygen atoms in total. The third-order valence-corrected chi connectivity index (χ3v) is 4.73. The van der Waals surface area contributed by atoms with Crippen LogP contribution < -0.4 is 15.0 Å². The third-order valence-electron chi connectivity index (χ3n) is 4.73. The topological polar surface area (TPSA) is 91.9 Å². The first kappa shape index (κ1) is 18.1. The molecular weight excluding hydrogens is 360 g/mol. The van der Waals surface area contributed by atoms with E-state index in [-0.39, 0.29) is 38.0 Å². The summed E-state index contributed by atoms with van der Waals surface area (Å²) < 4.78 is 10.7. The lowest BCUT2D eigenvalue weighted by molar-refractivity contribution is 0.0707. The van der Waals surface area contributed by atoms with Crippen LogP contribution >= 0.6 is 0 Å². The van der Waals surface area contributed by atoms with E-state index in [1.54, 1.807) is 30.3 Å². The standard InChI is InChI=1S/C21H20N2O5/c1-13-2-4-14(5-3-13)21(26)23(6-7-24)11-16-8-15-9-18-19(28-12-27-18)10-17(15)22-20(16)25/h2-5,8-10,24H,6-7,11-12H2,1H3,(H,22,25). The van der Waals surface area contributed by atoms with Gasteiger partial charge in [0.15, 0.2) is 11.5 Å². The van der Waals surface area contributed by atoms with Crippen LogP contribution in [0.4, 0.5) is 0 Å². The number of aliphatic hydroxyl groups is 1. The number of hydrogen-bond acceptors (Lipinski definition) is 5. The second-order valence-corrected chi connectivity index (χ2v) is 6.73. The van der Waals surface area contributed by atoms with Crippen molar-refractivity contribution >= 4 is 16.8 Å². The Kier molecular flexibility index (Phi) is 4.75. The molecule has 0 radical (unpaired) electrons. The molecule has 0 aliphatic carbocycles. The monoisotopic (exact) mass is 380 g/mol. The number of carbonyl (C=O) groups excluding carboxylic acids is 1. The van der Waals surface area contributed by atoms with Crippen LogP contribution in [-0.2, 0) is 6.54 Å². The molecule has 1 aromatic heterocycles. The number of pyridine rings is 1. The minimum atomic E-state index is -0.286. The summed E-state index contributed by atoms with van der Waals surface area (Å²) in [5.74, 6) is 0.972. The SMILES string of the molecule is Cc1ccc(C(=O)N(CCO)Cc2cc3cc4c(cc3[nH]c2=O)OCO4)cc1. The number of nitrogens with one attached hydrogen (secondary N) is 1. The van der Waals surface area contributed by atoms with Crippen LogP contribution in [0.1, 0.15) is 21.5 Å². The van der Waals surface area contributed by atoms with E-state index in [4.69, 9.17) is 9.47 Å². The number of H-pyrrole nitrogens is 1. The number of carbonyl (C=O) groups is 1. The van der Waals surface area contributed by atoms with E-state index in [1.165, 1.54) is 4.90 Å². The fourth-order valence-corrected chi connectivity index (χ4v) is 3.22. The minimum absolute atomic E-state index is 0.0903. The number of fused-ring (bicyclic) bond motifs is 2. The summed E-state index contributed by atoms with van der Waals surface area (Å²) in [7, 11) is 0. The van der Waals surface area contributed by atoms with Gasteiger partial charge in [0.2, 0.25) is 6.79 Å². The van der Waals surface area contributed by atoms with Crippen LogP contribution in [0.25, 0.3) is 10.9 Å². The van der Waals surface area contributed by atoms with Gasteiger partial charge in [-0.25, -0.2) is 0 Å². The van der Waals surface area contributed by atoms with Gasteiger partial charge in [-0.15, -0.1) is 0 Å². The van der Waals surface area contributed by atoms with Crippen molar-refractivity contribution in [3.05, 3.63) is 69.5 Å². The largest absolute Gasteiger partial charge is 0.454 e. The summed E-state index contributed by atoms with van der Waals surface area (Å²) in [6.45, 7) is 2.12. The molecule has 3 aromatic rings. The van der Waals surface area contributed by atoms with Crippen molar-refractivity contribution in [3.8, 4) is 11.5 Å². The average molecular weight is 380 g/mol. The number of ether oxygens (including phenoxy) is 2. The molecule has 0 spiro atoms. The number of aliphatic hydroxyl groups excluding tert-OH is 1. The molecule has 2 aromatic carbocycles. The Labute approximate surface area is 161 Å². The highest BCUT2D eigenvalue weighted by Gasteiger charge is 2.19. The van der Waals surface area contributed by atoms with Crippen molar-refractivity contribution < 1.29 is 19.4 Å². The zero-order valence-corrected chi connectivity index (χ0v) is 15.4. The fourth-order valence-electron chi connectivity index (χ4n) is 3.22. The summed E-state index contributed by atoms with van der Waals surface area (Å²) in [5.41, 5.74) is 2.34. The fraction of sp³-hybridized carbons (Fsp3) is 0.238. The molecule has 0 saturated heterocycles. The number of aryl methyl sites for hydroxylation is 1. The molecular formula is C21H20N2O5. The van der Waals surface area contributed by atoms with E-state index in [9.17, 15) is 14.7 Å². The first-order valence-corrected chi connectivity index (χ1v) is 8.97. The van der Waals surface area contributed by atoms with E-state index >= 15 is 0 Å². The molecule has 1 amide bonds. The molecule has 0 atom stereocenters. The van der Waals surface area contributed by atoms with Gasteiger partial charge >= 0.3 is 0 Å². The molecule has 4 rings (SSSR count). The Hall–Kier alpha value is -3.32. The van der Waals surface area contributed by atoms with Crippen molar-refractivity contribution in [3.63, 3.8) is 0 Å². The van der Waals surface area contributed by atoms with Gasteiger partial charge in [0.1, 0.15) is 0 Å². The maximum Gasteiger partial charge on any atom is 0.254 e. The number of benzene rings is 2. The minimum Gasteiger partial charge on any atom is -0.454 e. The average Bonchev–Trinajstić information content (AvgIpc) is 3.13. The number of aromatic nitrogens is 1. The number of amides is 1. The predicted molar refractivity (Wildman–Crippen MR) is 104 cm³/mol. The van der Waals surface area contributed by atoms with Crippen LogP contribution in [-0.4, -0.2) is 40.8 Å². The van der Waals surface area contributed by atoms with Crippen molar-refractivity contribution in [1.82, 2.24) is 9.88 Å². The van der Waals surface area contributed by atoms with Crippen LogP contribution in [0, 0.1) is 6.92 Å². The van der Waals surface area contributed by atoms with E-state index in [2.05, 4.69) is 4.98 Å². The smallest absolute Gasteiger partial charge is 0.254 e. The van der Waals surface area contributed by atoms with Crippen LogP contribution in [0.3, 0.4) is 0 Å². The summed E-state index contributed by atoms with van der Waals surface area (Å²) >= 11 is 0. The van der Waals surface area contributed by atoms with Gasteiger partial charge in [-0.05, 0) is 31.2 Å². The lowest BCUT2D eigenvalue weighted by atomic mass is 10.1. The summed E-state index contributed by atoms with van der Waals surface area (Å²) in [5, 5.41) is 10.2. The second kappa shape index (κ2) is 7.36. The zero-order valence-electron chi connectivity index (χ0n) is 15.4. The molecule has 7 heteroatoms. The molecule has 0 fully saturated rings. The Bertz CT molecular complexity index is 1090. The van der Waals surface area contributed by atoms with E-state index in [0.29, 0.717) is 28.1 Å². The van der Waals surface area contributed by atoms with Crippen molar-refractivity contribution in [1.29, 1.82) is 0 Å². The first-order valence-electron chi connectivity index (χ1n) is 8.97. The number of nitrogens with zero attached hydrogens (tertiary/aromatic N) is 1. The van der Waals surface area contributed by atoms with Gasteiger partial charge in [0, 0.05) is 29.1 Å². The van der Waals surface area contributed by atoms with Gasteiger partial charge in [0.05, 0.1) is 18.7 Å². The molecule has 0 bridgehead atoms. The second-order valence-electron chi connectivity index (χ2n) is 6.73. The van der Waals surface area contributed by atoms with Crippen molar-refractivity contribution in [2.24, 2.45) is 0 Å². The summed E-state index contributed by atoms with van der Waals surface area (Å²) in [4.78, 5) is 29.7. The highest BCUT2D eigenvalue weighted by Crippen LogP contribution is 2.35. The first-order chi connectivity index (χ1) is 13.5. The number of hydrogen-bond donors (Lipinski definition) is 2. The molecule has 0 unspecified atom stereocenters. The van der Waals surface area contributed by atoms with Gasteiger partial charge in [-0.3, -0.25) is 9.59 Å². The number of aromatic amines is 1. The Morgan fingerprint density at radius 2 is 1.86 bits per heavy atom. The molecule has 2 N–H and O–H groups in total. The maximum absolute atomic E-state index is 12.8. The van der Waals surface area contributed by atoms with Gasteiger partial charge in [-0.1, -0.05) is 17.7 Å². The lowest BCUT2D eigenvalue weighted by Gasteiger charge is -2.22. The van der Waals surface area contributed by atoms with E-state index in [0.717, 1.165) is 10.9 Å². The zero-order chi connectivity index (χ0) is 19.7. The maximum atomic E-state index is 12.8. The van der Waals surface area contributed by atoms with Gasteiger partial charge < -0.3 is 24.5 Å². The Morgan fingerprint density at radius 3 is 2.57 bits per heavy atom. The molecule has 1 aliphatic heterocycles. The highest BCUT2D eigenvalue weighted by atomic mass is 16.7. The van der Waals surface area contributed by atoms with Crippen LogP contribution in [0.2, 0.25) is 0 Å². The Balaban J connectivity index is 1.66. The lowest BCUT2D eigenvalue weighted by Crippen LogP contribution is -2.35. The third kappa shape index (κ3) is 3.44. The van der Waals surface area contributed by atoms with E-state index in [1.807, 2.05) is 19.1 Å². The van der Waals surface area contributed by atoms with Gasteiger partial charge in [-0.2, -0.15) is 0 Å². The van der Waals surface area contributed by atoms with Gasteiger partial charge in [0.25, 0.3) is 11.5 Å². The van der Waals surface area contributed by atoms with E-state index < -0.39 is 0 Å². The highest BCUT2D eigenvalue weighted by molar-refractivity contribution is 5.94. The van der Waals surface area contributed by atoms with Crippen LogP contribution in [0.5, 0.6) is 11.5 Å².